The fourth-order valence-corrected chi connectivity index (χ4v) is 4.60. The van der Waals surface area contributed by atoms with Gasteiger partial charge >= 0.3 is 5.97 Å². The number of nitrogens with zero attached hydrogens (tertiary/aromatic N) is 2. The van der Waals surface area contributed by atoms with Crippen molar-refractivity contribution < 1.29 is 29.1 Å². The van der Waals surface area contributed by atoms with Gasteiger partial charge in [0.25, 0.3) is 0 Å². The van der Waals surface area contributed by atoms with Crippen LogP contribution in [0.25, 0.3) is 10.9 Å². The molecule has 0 saturated carbocycles. The number of nitrogens with one attached hydrogen (secondary N) is 5. The number of para-hydroxylation sites is 1. The molecule has 0 aliphatic heterocycles. The number of aromatic amines is 2. The number of imidazole rings is 1. The minimum absolute atomic E-state index is 0.0563. The number of aliphatic carboxylic acids is 1. The van der Waals surface area contributed by atoms with E-state index in [4.69, 9.17) is 22.9 Å². The molecule has 17 nitrogen and oxygen atoms in total. The molecule has 0 aliphatic carbocycles. The summed E-state index contributed by atoms with van der Waals surface area (Å²) < 4.78 is 0. The maximum Gasteiger partial charge on any atom is 0.326 e. The number of carbonyl (C=O) groups is 5. The van der Waals surface area contributed by atoms with Gasteiger partial charge in [-0.15, -0.1) is 0 Å². The van der Waals surface area contributed by atoms with Gasteiger partial charge < -0.3 is 54.0 Å². The Kier molecular flexibility index (Phi) is 12.4. The topological polar surface area (TPSA) is 303 Å². The number of fused-ring (bicyclic) bond motifs is 1. The summed E-state index contributed by atoms with van der Waals surface area (Å²) in [5, 5.41) is 18.3. The van der Waals surface area contributed by atoms with Crippen LogP contribution in [0, 0.1) is 0 Å². The van der Waals surface area contributed by atoms with Crippen molar-refractivity contribution in [2.75, 3.05) is 6.54 Å². The van der Waals surface area contributed by atoms with Gasteiger partial charge in [0.2, 0.25) is 23.6 Å². The van der Waals surface area contributed by atoms with Gasteiger partial charge in [-0.3, -0.25) is 24.2 Å². The molecular formula is C28H39N11O6. The summed E-state index contributed by atoms with van der Waals surface area (Å²) in [4.78, 5) is 77.0. The molecule has 3 aromatic rings. The highest BCUT2D eigenvalue weighted by Crippen LogP contribution is 2.19. The number of carbonyl (C=O) groups excluding carboxylic acids is 4. The van der Waals surface area contributed by atoms with Crippen molar-refractivity contribution in [3.8, 4) is 0 Å². The Morgan fingerprint density at radius 3 is 2.20 bits per heavy atom. The number of amides is 4. The predicted molar refractivity (Wildman–Crippen MR) is 164 cm³/mol. The minimum atomic E-state index is -1.36. The van der Waals surface area contributed by atoms with Crippen LogP contribution in [0.3, 0.4) is 0 Å². The molecule has 17 heteroatoms. The molecule has 14 N–H and O–H groups in total. The van der Waals surface area contributed by atoms with Crippen molar-refractivity contribution in [2.45, 2.75) is 62.7 Å². The lowest BCUT2D eigenvalue weighted by Gasteiger charge is -2.25. The molecule has 0 spiro atoms. The minimum Gasteiger partial charge on any atom is -0.480 e. The van der Waals surface area contributed by atoms with Gasteiger partial charge in [-0.1, -0.05) is 18.2 Å². The summed E-state index contributed by atoms with van der Waals surface area (Å²) in [5.41, 5.74) is 24.1. The van der Waals surface area contributed by atoms with Crippen LogP contribution in [0.5, 0.6) is 0 Å². The first-order valence-electron chi connectivity index (χ1n) is 14.2. The smallest absolute Gasteiger partial charge is 0.326 e. The first-order valence-corrected chi connectivity index (χ1v) is 14.2. The fourth-order valence-electron chi connectivity index (χ4n) is 4.60. The molecule has 1 aromatic carbocycles. The lowest BCUT2D eigenvalue weighted by molar-refractivity contribution is -0.142. The Morgan fingerprint density at radius 1 is 0.889 bits per heavy atom. The first kappa shape index (κ1) is 34.0. The number of rotatable bonds is 18. The lowest BCUT2D eigenvalue weighted by Crippen LogP contribution is -2.57. The van der Waals surface area contributed by atoms with Crippen molar-refractivity contribution in [3.63, 3.8) is 0 Å². The van der Waals surface area contributed by atoms with E-state index in [1.165, 1.54) is 12.5 Å². The Labute approximate surface area is 258 Å². The second-order valence-electron chi connectivity index (χ2n) is 10.4. The highest BCUT2D eigenvalue weighted by molar-refractivity contribution is 5.94. The fraction of sp³-hybridized carbons (Fsp3) is 0.393. The number of guanidine groups is 1. The summed E-state index contributed by atoms with van der Waals surface area (Å²) in [6.45, 7) is 0.155. The quantitative estimate of drug-likeness (QED) is 0.0415. The molecule has 4 amide bonds. The highest BCUT2D eigenvalue weighted by Gasteiger charge is 2.31. The standard InChI is InChI=1S/C28H39N11O6/c29-18(11-16-13-33-14-36-16)24(41)37-20(6-3-9-34-28(31)32)25(42)38-21(7-8-23(30)40)26(43)39-22(27(44)45)10-15-12-35-19-5-2-1-4-17(15)19/h1-2,4-5,12-14,18,20-22,35H,3,6-11,29H2,(H2,30,40)(H,33,36)(H,37,41)(H,38,42)(H,39,43)(H,44,45)(H4,31,32,34). The van der Waals surface area contributed by atoms with E-state index in [2.05, 4.69) is 35.9 Å². The molecule has 4 unspecified atom stereocenters. The Bertz CT molecular complexity index is 1500. The van der Waals surface area contributed by atoms with Gasteiger partial charge in [0.15, 0.2) is 5.96 Å². The van der Waals surface area contributed by atoms with E-state index in [1.807, 2.05) is 18.2 Å². The number of carboxylic acid groups (broad SMARTS) is 1. The van der Waals surface area contributed by atoms with E-state index >= 15 is 0 Å². The summed E-state index contributed by atoms with van der Waals surface area (Å²) in [5.74, 6) is -4.44. The number of carboxylic acids is 1. The molecule has 2 aromatic heterocycles. The molecule has 0 fully saturated rings. The van der Waals surface area contributed by atoms with Crippen molar-refractivity contribution in [1.29, 1.82) is 0 Å². The van der Waals surface area contributed by atoms with E-state index in [9.17, 15) is 29.1 Å². The van der Waals surface area contributed by atoms with E-state index < -0.39 is 53.8 Å². The molecule has 0 saturated heterocycles. The van der Waals surface area contributed by atoms with Gasteiger partial charge in [0.1, 0.15) is 18.1 Å². The number of aromatic nitrogens is 3. The number of benzene rings is 1. The SMILES string of the molecule is NC(=O)CCC(NC(=O)C(CCCN=C(N)N)NC(=O)C(N)Cc1cnc[nH]1)C(=O)NC(Cc1c[nH]c2ccccc12)C(=O)O. The van der Waals surface area contributed by atoms with Crippen molar-refractivity contribution in [2.24, 2.45) is 27.9 Å². The van der Waals surface area contributed by atoms with Gasteiger partial charge in [-0.2, -0.15) is 0 Å². The van der Waals surface area contributed by atoms with Crippen LogP contribution in [-0.4, -0.2) is 86.3 Å². The monoisotopic (exact) mass is 625 g/mol. The lowest BCUT2D eigenvalue weighted by atomic mass is 10.0. The zero-order valence-electron chi connectivity index (χ0n) is 24.5. The second kappa shape index (κ2) is 16.4. The van der Waals surface area contributed by atoms with Gasteiger partial charge in [0, 0.05) is 54.8 Å². The molecule has 4 atom stereocenters. The van der Waals surface area contributed by atoms with E-state index in [-0.39, 0.29) is 51.0 Å². The van der Waals surface area contributed by atoms with Gasteiger partial charge in [-0.25, -0.2) is 9.78 Å². The molecule has 3 rings (SSSR count). The van der Waals surface area contributed by atoms with E-state index in [1.54, 1.807) is 12.3 Å². The largest absolute Gasteiger partial charge is 0.480 e. The number of aliphatic imine (C=N–C) groups is 1. The molecule has 0 aliphatic rings. The van der Waals surface area contributed by atoms with Crippen LogP contribution in [0.15, 0.2) is 48.0 Å². The van der Waals surface area contributed by atoms with Crippen molar-refractivity contribution in [1.82, 2.24) is 30.9 Å². The number of primary amides is 1. The summed E-state index contributed by atoms with van der Waals surface area (Å²) in [6.07, 6.45) is 4.50. The zero-order valence-corrected chi connectivity index (χ0v) is 24.5. The first-order chi connectivity index (χ1) is 21.4. The van der Waals surface area contributed by atoms with E-state index in [0.29, 0.717) is 11.3 Å². The molecule has 0 bridgehead atoms. The van der Waals surface area contributed by atoms with Crippen LogP contribution in [0.4, 0.5) is 0 Å². The number of nitrogens with two attached hydrogens (primary N) is 4. The normalized spacial score (nSPS) is 13.6. The van der Waals surface area contributed by atoms with Crippen molar-refractivity contribution >= 4 is 46.5 Å². The van der Waals surface area contributed by atoms with Crippen LogP contribution in [0.2, 0.25) is 0 Å². The van der Waals surface area contributed by atoms with Gasteiger partial charge in [0.05, 0.1) is 12.4 Å². The molecule has 2 heterocycles. The Hall–Kier alpha value is -5.45. The maximum absolute atomic E-state index is 13.4. The second-order valence-corrected chi connectivity index (χ2v) is 10.4. The third kappa shape index (κ3) is 10.6. The third-order valence-electron chi connectivity index (χ3n) is 6.94. The number of hydrogen-bond donors (Lipinski definition) is 10. The predicted octanol–water partition coefficient (Wildman–Crippen LogP) is -2.14. The van der Waals surface area contributed by atoms with Crippen molar-refractivity contribution in [3.05, 3.63) is 54.2 Å². The highest BCUT2D eigenvalue weighted by atomic mass is 16.4. The van der Waals surface area contributed by atoms with Crippen LogP contribution >= 0.6 is 0 Å². The zero-order chi connectivity index (χ0) is 32.9. The van der Waals surface area contributed by atoms with Crippen LogP contribution in [-0.2, 0) is 36.8 Å². The third-order valence-corrected chi connectivity index (χ3v) is 6.94. The van der Waals surface area contributed by atoms with Gasteiger partial charge in [-0.05, 0) is 30.9 Å². The van der Waals surface area contributed by atoms with Crippen LogP contribution in [0.1, 0.15) is 36.9 Å². The molecule has 242 valence electrons. The summed E-state index contributed by atoms with van der Waals surface area (Å²) in [6, 6.07) is 2.36. The van der Waals surface area contributed by atoms with E-state index in [0.717, 1.165) is 10.9 Å². The summed E-state index contributed by atoms with van der Waals surface area (Å²) >= 11 is 0. The average Bonchev–Trinajstić information content (AvgIpc) is 3.65. The molecule has 0 radical (unpaired) electrons. The molecule has 45 heavy (non-hydrogen) atoms. The van der Waals surface area contributed by atoms with Crippen LogP contribution < -0.4 is 38.9 Å². The Morgan fingerprint density at radius 2 is 1.56 bits per heavy atom. The maximum atomic E-state index is 13.4. The number of hydrogen-bond acceptors (Lipinski definition) is 8. The molecular weight excluding hydrogens is 586 g/mol. The Balaban J connectivity index is 1.75. The summed E-state index contributed by atoms with van der Waals surface area (Å²) in [7, 11) is 0. The average molecular weight is 626 g/mol. The number of H-pyrrole nitrogens is 2.